The van der Waals surface area contributed by atoms with Gasteiger partial charge in [-0.05, 0) is 73.2 Å². The summed E-state index contributed by atoms with van der Waals surface area (Å²) in [6.07, 6.45) is 6.50. The van der Waals surface area contributed by atoms with Gasteiger partial charge in [0, 0.05) is 18.6 Å². The zero-order chi connectivity index (χ0) is 20.8. The highest BCUT2D eigenvalue weighted by molar-refractivity contribution is 5.78. The van der Waals surface area contributed by atoms with Crippen molar-refractivity contribution in [3.63, 3.8) is 0 Å². The Labute approximate surface area is 175 Å². The Morgan fingerprint density at radius 3 is 2.28 bits per heavy atom. The summed E-state index contributed by atoms with van der Waals surface area (Å²) < 4.78 is 2.47. The number of fused-ring (bicyclic) bond motifs is 3. The molecular formula is C28H32N+. The smallest absolute Gasteiger partial charge is 0.188 e. The molecule has 29 heavy (non-hydrogen) atoms. The van der Waals surface area contributed by atoms with Crippen LogP contribution in [-0.4, -0.2) is 0 Å². The van der Waals surface area contributed by atoms with E-state index in [9.17, 15) is 0 Å². The molecule has 0 fully saturated rings. The molecule has 0 saturated carbocycles. The van der Waals surface area contributed by atoms with Crippen molar-refractivity contribution < 1.29 is 4.57 Å². The van der Waals surface area contributed by atoms with Crippen molar-refractivity contribution in [3.8, 4) is 22.4 Å². The Morgan fingerprint density at radius 2 is 1.66 bits per heavy atom. The third-order valence-corrected chi connectivity index (χ3v) is 7.49. The molecular weight excluding hydrogens is 350 g/mol. The van der Waals surface area contributed by atoms with E-state index in [1.807, 2.05) is 0 Å². The molecule has 0 N–H and O–H groups in total. The number of aromatic nitrogens is 1. The Hall–Kier alpha value is -2.67. The van der Waals surface area contributed by atoms with Crippen molar-refractivity contribution in [1.29, 1.82) is 0 Å². The van der Waals surface area contributed by atoms with E-state index in [-0.39, 0.29) is 11.0 Å². The predicted molar refractivity (Wildman–Crippen MR) is 123 cm³/mol. The Kier molecular flexibility index (Phi) is 4.73. The van der Waals surface area contributed by atoms with Gasteiger partial charge >= 0.3 is 0 Å². The van der Waals surface area contributed by atoms with Gasteiger partial charge in [-0.25, -0.2) is 0 Å². The van der Waals surface area contributed by atoms with Crippen LogP contribution in [0.15, 0.2) is 73.4 Å². The number of aryl methyl sites for hydroxylation is 2. The molecule has 0 spiro atoms. The maximum Gasteiger partial charge on any atom is 0.213 e. The minimum atomic E-state index is -0.133. The van der Waals surface area contributed by atoms with E-state index in [0.29, 0.717) is 0 Å². The van der Waals surface area contributed by atoms with Crippen molar-refractivity contribution in [2.45, 2.75) is 58.4 Å². The van der Waals surface area contributed by atoms with Gasteiger partial charge < -0.3 is 0 Å². The Balaban J connectivity index is 2.07. The molecule has 1 aliphatic heterocycles. The van der Waals surface area contributed by atoms with E-state index in [4.69, 9.17) is 0 Å². The summed E-state index contributed by atoms with van der Waals surface area (Å²) in [4.78, 5) is 0. The molecule has 1 aromatic heterocycles. The molecule has 0 saturated heterocycles. The van der Waals surface area contributed by atoms with Gasteiger partial charge in [0.25, 0.3) is 0 Å². The standard InChI is InChI=1S/C28H32N/c1-7-27(6)24-17-16-22(26-20(4)13-12-14-21(26)5)19-23(24)25-15-10-11-18-29(25)28(27,8-2)9-3/h8,10-19H,2,7,9H2,1,3-6H3/q+1. The summed E-state index contributed by atoms with van der Waals surface area (Å²) >= 11 is 0. The van der Waals surface area contributed by atoms with Crippen molar-refractivity contribution in [3.05, 3.63) is 90.1 Å². The summed E-state index contributed by atoms with van der Waals surface area (Å²) in [5.41, 5.74) is 9.22. The van der Waals surface area contributed by atoms with Gasteiger partial charge in [-0.15, -0.1) is 0 Å². The second-order valence-corrected chi connectivity index (χ2v) is 8.65. The zero-order valence-corrected chi connectivity index (χ0v) is 18.4. The van der Waals surface area contributed by atoms with Crippen LogP contribution in [-0.2, 0) is 11.0 Å². The maximum atomic E-state index is 4.31. The van der Waals surface area contributed by atoms with Crippen molar-refractivity contribution in [2.24, 2.45) is 0 Å². The first kappa shape index (κ1) is 19.6. The van der Waals surface area contributed by atoms with E-state index >= 15 is 0 Å². The van der Waals surface area contributed by atoms with Gasteiger partial charge in [0.1, 0.15) is 0 Å². The highest BCUT2D eigenvalue weighted by Gasteiger charge is 2.57. The number of nitrogens with zero attached hydrogens (tertiary/aromatic N) is 1. The second-order valence-electron chi connectivity index (χ2n) is 8.65. The first-order valence-electron chi connectivity index (χ1n) is 10.8. The fourth-order valence-electron chi connectivity index (χ4n) is 5.70. The van der Waals surface area contributed by atoms with E-state index in [0.717, 1.165) is 12.8 Å². The van der Waals surface area contributed by atoms with Gasteiger partial charge in [0.15, 0.2) is 11.7 Å². The maximum absolute atomic E-state index is 4.31. The van der Waals surface area contributed by atoms with Gasteiger partial charge in [-0.1, -0.05) is 50.8 Å². The van der Waals surface area contributed by atoms with Gasteiger partial charge in [0.2, 0.25) is 5.69 Å². The Bertz CT molecular complexity index is 1070. The average Bonchev–Trinajstić information content (AvgIpc) is 2.74. The number of benzene rings is 2. The summed E-state index contributed by atoms with van der Waals surface area (Å²) in [5.74, 6) is 0. The first-order valence-corrected chi connectivity index (χ1v) is 10.8. The van der Waals surface area contributed by atoms with Crippen LogP contribution in [0.1, 0.15) is 50.3 Å². The molecule has 2 unspecified atom stereocenters. The largest absolute Gasteiger partial charge is 0.213 e. The van der Waals surface area contributed by atoms with Crippen LogP contribution in [0, 0.1) is 13.8 Å². The first-order chi connectivity index (χ1) is 13.9. The van der Waals surface area contributed by atoms with E-state index in [1.165, 1.54) is 39.1 Å². The van der Waals surface area contributed by atoms with Crippen LogP contribution < -0.4 is 4.57 Å². The molecule has 2 heterocycles. The SMILES string of the molecule is C=CC1(CC)[n+]2ccccc2-c2cc(-c3c(C)cccc3C)ccc2C1(C)CC. The van der Waals surface area contributed by atoms with Gasteiger partial charge in [0.05, 0.1) is 11.0 Å². The van der Waals surface area contributed by atoms with E-state index in [2.05, 4.69) is 113 Å². The van der Waals surface area contributed by atoms with Crippen molar-refractivity contribution in [1.82, 2.24) is 0 Å². The molecule has 1 aliphatic rings. The minimum Gasteiger partial charge on any atom is -0.188 e. The molecule has 0 aliphatic carbocycles. The fraction of sp³-hybridized carbons (Fsp3) is 0.321. The molecule has 0 bridgehead atoms. The van der Waals surface area contributed by atoms with Gasteiger partial charge in [-0.2, -0.15) is 4.57 Å². The fourth-order valence-corrected chi connectivity index (χ4v) is 5.70. The highest BCUT2D eigenvalue weighted by Crippen LogP contribution is 2.51. The number of hydrogen-bond donors (Lipinski definition) is 0. The lowest BCUT2D eigenvalue weighted by Gasteiger charge is -2.46. The topological polar surface area (TPSA) is 3.88 Å². The van der Waals surface area contributed by atoms with Crippen LogP contribution in [0.2, 0.25) is 0 Å². The van der Waals surface area contributed by atoms with Crippen molar-refractivity contribution in [2.75, 3.05) is 0 Å². The molecule has 148 valence electrons. The van der Waals surface area contributed by atoms with Crippen molar-refractivity contribution >= 4 is 0 Å². The summed E-state index contributed by atoms with van der Waals surface area (Å²) in [5, 5.41) is 0. The predicted octanol–water partition coefficient (Wildman–Crippen LogP) is 6.90. The van der Waals surface area contributed by atoms with Crippen LogP contribution in [0.25, 0.3) is 22.4 Å². The third-order valence-electron chi connectivity index (χ3n) is 7.49. The number of pyridine rings is 1. The number of rotatable bonds is 4. The van der Waals surface area contributed by atoms with Gasteiger partial charge in [-0.3, -0.25) is 0 Å². The molecule has 1 nitrogen and oxygen atoms in total. The van der Waals surface area contributed by atoms with E-state index < -0.39 is 0 Å². The molecule has 0 amide bonds. The second kappa shape index (κ2) is 6.99. The lowest BCUT2D eigenvalue weighted by molar-refractivity contribution is -0.756. The third kappa shape index (κ3) is 2.56. The zero-order valence-electron chi connectivity index (χ0n) is 18.4. The molecule has 4 rings (SSSR count). The monoisotopic (exact) mass is 382 g/mol. The molecule has 0 radical (unpaired) electrons. The normalized spacial score (nSPS) is 22.7. The quantitative estimate of drug-likeness (QED) is 0.341. The summed E-state index contributed by atoms with van der Waals surface area (Å²) in [6.45, 7) is 15.7. The van der Waals surface area contributed by atoms with Crippen LogP contribution >= 0.6 is 0 Å². The van der Waals surface area contributed by atoms with Crippen LogP contribution in [0.3, 0.4) is 0 Å². The molecule has 1 heteroatoms. The summed E-state index contributed by atoms with van der Waals surface area (Å²) in [6, 6.07) is 20.2. The lowest BCUT2D eigenvalue weighted by atomic mass is 9.59. The molecule has 3 aromatic rings. The highest BCUT2D eigenvalue weighted by atomic mass is 15.1. The molecule has 2 atom stereocenters. The minimum absolute atomic E-state index is 0.0167. The van der Waals surface area contributed by atoms with E-state index in [1.54, 1.807) is 0 Å². The molecule has 2 aromatic carbocycles. The average molecular weight is 383 g/mol. The lowest BCUT2D eigenvalue weighted by Crippen LogP contribution is -2.68. The summed E-state index contributed by atoms with van der Waals surface area (Å²) in [7, 11) is 0. The van der Waals surface area contributed by atoms with Crippen LogP contribution in [0.4, 0.5) is 0 Å². The number of hydrogen-bond acceptors (Lipinski definition) is 0. The van der Waals surface area contributed by atoms with Crippen LogP contribution in [0.5, 0.6) is 0 Å². The number of allylic oxidation sites excluding steroid dienone is 1. The Morgan fingerprint density at radius 1 is 0.931 bits per heavy atom.